The van der Waals surface area contributed by atoms with Crippen LogP contribution < -0.4 is 4.74 Å². The van der Waals surface area contributed by atoms with Crippen molar-refractivity contribution in [1.29, 1.82) is 0 Å². The maximum atomic E-state index is 13.4. The number of carbonyl (C=O) groups excluding carboxylic acids is 1. The predicted octanol–water partition coefficient (Wildman–Crippen LogP) is 3.84. The lowest BCUT2D eigenvalue weighted by molar-refractivity contribution is 0.0702. The van der Waals surface area contributed by atoms with E-state index in [1.54, 1.807) is 24.2 Å². The SMILES string of the molecule is COc1ccccc1-c1ccnc(-n2ncc(C(=O)N3C[C@H]4CC[C@H]3C4)c2C2CC2)n1. The lowest BCUT2D eigenvalue weighted by Crippen LogP contribution is -2.38. The molecule has 0 spiro atoms. The molecular weight excluding hydrogens is 390 g/mol. The van der Waals surface area contributed by atoms with Crippen molar-refractivity contribution < 1.29 is 9.53 Å². The zero-order chi connectivity index (χ0) is 20.9. The quantitative estimate of drug-likeness (QED) is 0.633. The van der Waals surface area contributed by atoms with Gasteiger partial charge >= 0.3 is 0 Å². The van der Waals surface area contributed by atoms with Crippen LogP contribution in [0.15, 0.2) is 42.7 Å². The Bertz CT molecular complexity index is 1150. The molecule has 6 rings (SSSR count). The summed E-state index contributed by atoms with van der Waals surface area (Å²) in [6.45, 7) is 0.887. The molecule has 3 heterocycles. The molecule has 2 aromatic heterocycles. The molecule has 7 heteroatoms. The Balaban J connectivity index is 1.39. The number of ether oxygens (including phenoxy) is 1. The van der Waals surface area contributed by atoms with Crippen LogP contribution in [0.5, 0.6) is 5.75 Å². The molecule has 158 valence electrons. The number of methoxy groups -OCH3 is 1. The van der Waals surface area contributed by atoms with E-state index in [9.17, 15) is 4.79 Å². The molecule has 3 aliphatic rings. The zero-order valence-corrected chi connectivity index (χ0v) is 17.6. The Morgan fingerprint density at radius 3 is 2.74 bits per heavy atom. The molecule has 2 bridgehead atoms. The highest BCUT2D eigenvalue weighted by Gasteiger charge is 2.43. The van der Waals surface area contributed by atoms with Crippen molar-refractivity contribution in [2.24, 2.45) is 5.92 Å². The van der Waals surface area contributed by atoms with E-state index >= 15 is 0 Å². The summed E-state index contributed by atoms with van der Waals surface area (Å²) < 4.78 is 7.28. The van der Waals surface area contributed by atoms with Gasteiger partial charge in [0.1, 0.15) is 5.75 Å². The first-order valence-electron chi connectivity index (χ1n) is 11.1. The number of piperidine rings is 1. The number of amides is 1. The molecule has 1 amide bonds. The lowest BCUT2D eigenvalue weighted by atomic mass is 10.1. The molecule has 3 fully saturated rings. The summed E-state index contributed by atoms with van der Waals surface area (Å²) in [6.07, 6.45) is 9.15. The minimum atomic E-state index is 0.126. The first-order chi connectivity index (χ1) is 15.2. The maximum Gasteiger partial charge on any atom is 0.257 e. The second-order valence-electron chi connectivity index (χ2n) is 8.86. The van der Waals surface area contributed by atoms with Crippen molar-refractivity contribution in [1.82, 2.24) is 24.6 Å². The molecule has 7 nitrogen and oxygen atoms in total. The summed E-state index contributed by atoms with van der Waals surface area (Å²) in [4.78, 5) is 24.8. The van der Waals surface area contributed by atoms with Crippen molar-refractivity contribution in [3.63, 3.8) is 0 Å². The number of rotatable bonds is 5. The van der Waals surface area contributed by atoms with Gasteiger partial charge in [0.2, 0.25) is 0 Å². The highest BCUT2D eigenvalue weighted by atomic mass is 16.5. The molecule has 1 aromatic carbocycles. The van der Waals surface area contributed by atoms with Crippen molar-refractivity contribution in [3.05, 3.63) is 54.0 Å². The third-order valence-corrected chi connectivity index (χ3v) is 6.89. The van der Waals surface area contributed by atoms with Gasteiger partial charge in [-0.1, -0.05) is 12.1 Å². The van der Waals surface area contributed by atoms with Crippen molar-refractivity contribution in [2.45, 2.75) is 44.1 Å². The minimum Gasteiger partial charge on any atom is -0.496 e. The van der Waals surface area contributed by atoms with Crippen LogP contribution >= 0.6 is 0 Å². The van der Waals surface area contributed by atoms with E-state index in [-0.39, 0.29) is 5.91 Å². The minimum absolute atomic E-state index is 0.126. The Morgan fingerprint density at radius 2 is 2.00 bits per heavy atom. The van der Waals surface area contributed by atoms with E-state index < -0.39 is 0 Å². The van der Waals surface area contributed by atoms with Gasteiger partial charge in [-0.05, 0) is 56.2 Å². The second kappa shape index (κ2) is 7.18. The molecule has 2 saturated carbocycles. The van der Waals surface area contributed by atoms with Crippen molar-refractivity contribution in [3.8, 4) is 23.0 Å². The Hall–Kier alpha value is -3.22. The maximum absolute atomic E-state index is 13.4. The van der Waals surface area contributed by atoms with Gasteiger partial charge in [0.05, 0.1) is 30.3 Å². The fraction of sp³-hybridized carbons (Fsp3) is 0.417. The molecule has 3 aromatic rings. The van der Waals surface area contributed by atoms with E-state index in [1.807, 2.05) is 30.3 Å². The fourth-order valence-electron chi connectivity index (χ4n) is 5.22. The monoisotopic (exact) mass is 415 g/mol. The number of para-hydroxylation sites is 1. The summed E-state index contributed by atoms with van der Waals surface area (Å²) in [5.74, 6) is 2.40. The van der Waals surface area contributed by atoms with Crippen LogP contribution in [0.3, 0.4) is 0 Å². The van der Waals surface area contributed by atoms with Gasteiger partial charge in [0.15, 0.2) is 0 Å². The van der Waals surface area contributed by atoms with E-state index in [1.165, 1.54) is 6.42 Å². The topological polar surface area (TPSA) is 73.1 Å². The third-order valence-electron chi connectivity index (χ3n) is 6.89. The van der Waals surface area contributed by atoms with E-state index in [0.717, 1.165) is 60.5 Å². The van der Waals surface area contributed by atoms with Gasteiger partial charge in [-0.3, -0.25) is 4.79 Å². The molecule has 1 aliphatic heterocycles. The number of fused-ring (bicyclic) bond motifs is 2. The summed E-state index contributed by atoms with van der Waals surface area (Å²) in [5.41, 5.74) is 3.36. The number of nitrogens with zero attached hydrogens (tertiary/aromatic N) is 5. The summed E-state index contributed by atoms with van der Waals surface area (Å²) in [5, 5.41) is 4.59. The Morgan fingerprint density at radius 1 is 1.13 bits per heavy atom. The number of aromatic nitrogens is 4. The highest BCUT2D eigenvalue weighted by molar-refractivity contribution is 5.96. The van der Waals surface area contributed by atoms with Crippen LogP contribution in [-0.4, -0.2) is 50.3 Å². The summed E-state index contributed by atoms with van der Waals surface area (Å²) in [7, 11) is 1.66. The molecular formula is C24H25N5O2. The highest BCUT2D eigenvalue weighted by Crippen LogP contribution is 2.44. The first-order valence-corrected chi connectivity index (χ1v) is 11.1. The average Bonchev–Trinajstić information content (AvgIpc) is 3.23. The summed E-state index contributed by atoms with van der Waals surface area (Å²) in [6, 6.07) is 10.1. The van der Waals surface area contributed by atoms with Crippen LogP contribution in [0.25, 0.3) is 17.2 Å². The van der Waals surface area contributed by atoms with Crippen LogP contribution in [0.4, 0.5) is 0 Å². The molecule has 1 saturated heterocycles. The largest absolute Gasteiger partial charge is 0.496 e. The van der Waals surface area contributed by atoms with Gasteiger partial charge in [-0.2, -0.15) is 5.10 Å². The number of carbonyl (C=O) groups is 1. The standard InChI is InChI=1S/C24H25N5O2/c1-31-21-5-3-2-4-18(21)20-10-11-25-24(27-20)29-22(16-7-8-16)19(13-26-29)23(30)28-14-15-6-9-17(28)12-15/h2-5,10-11,13,15-17H,6-9,12,14H2,1H3/t15-,17-/m0/s1. The predicted molar refractivity (Wildman–Crippen MR) is 115 cm³/mol. The van der Waals surface area contributed by atoms with Gasteiger partial charge in [-0.15, -0.1) is 0 Å². The number of hydrogen-bond donors (Lipinski definition) is 0. The average molecular weight is 415 g/mol. The fourth-order valence-corrected chi connectivity index (χ4v) is 5.22. The van der Waals surface area contributed by atoms with Gasteiger partial charge in [0.25, 0.3) is 11.9 Å². The molecule has 31 heavy (non-hydrogen) atoms. The van der Waals surface area contributed by atoms with Gasteiger partial charge in [0, 0.05) is 30.3 Å². The molecule has 0 radical (unpaired) electrons. The van der Waals surface area contributed by atoms with Crippen LogP contribution in [0.2, 0.25) is 0 Å². The molecule has 2 aliphatic carbocycles. The van der Waals surface area contributed by atoms with E-state index in [4.69, 9.17) is 9.72 Å². The van der Waals surface area contributed by atoms with Crippen LogP contribution in [0.1, 0.15) is 54.1 Å². The molecule has 2 atom stereocenters. The smallest absolute Gasteiger partial charge is 0.257 e. The zero-order valence-electron chi connectivity index (χ0n) is 17.6. The van der Waals surface area contributed by atoms with Gasteiger partial charge in [-0.25, -0.2) is 14.6 Å². The van der Waals surface area contributed by atoms with Crippen LogP contribution in [0, 0.1) is 5.92 Å². The van der Waals surface area contributed by atoms with E-state index in [0.29, 0.717) is 23.8 Å². The first kappa shape index (κ1) is 18.5. The number of hydrogen-bond acceptors (Lipinski definition) is 5. The molecule has 0 unspecified atom stereocenters. The second-order valence-corrected chi connectivity index (χ2v) is 8.86. The Labute approximate surface area is 181 Å². The number of likely N-dealkylation sites (tertiary alicyclic amines) is 1. The van der Waals surface area contributed by atoms with Crippen LogP contribution in [-0.2, 0) is 0 Å². The third kappa shape index (κ3) is 3.10. The van der Waals surface area contributed by atoms with Crippen molar-refractivity contribution >= 4 is 5.91 Å². The normalized spacial score (nSPS) is 22.2. The van der Waals surface area contributed by atoms with Gasteiger partial charge < -0.3 is 9.64 Å². The van der Waals surface area contributed by atoms with E-state index in [2.05, 4.69) is 15.0 Å². The Kier molecular flexibility index (Phi) is 4.30. The molecule has 0 N–H and O–H groups in total. The lowest BCUT2D eigenvalue weighted by Gasteiger charge is -2.27. The number of benzene rings is 1. The van der Waals surface area contributed by atoms with Crippen molar-refractivity contribution in [2.75, 3.05) is 13.7 Å². The summed E-state index contributed by atoms with van der Waals surface area (Å²) >= 11 is 0.